The Morgan fingerprint density at radius 3 is 2.36 bits per heavy atom. The second kappa shape index (κ2) is 7.13. The van der Waals surface area contributed by atoms with Gasteiger partial charge in [0.2, 0.25) is 0 Å². The number of rotatable bonds is 5. The summed E-state index contributed by atoms with van der Waals surface area (Å²) in [6.45, 7) is 0. The van der Waals surface area contributed by atoms with E-state index in [0.29, 0.717) is 6.19 Å². The number of methoxy groups -OCH3 is 1. The molecule has 1 N–H and O–H groups in total. The van der Waals surface area contributed by atoms with Crippen LogP contribution in [0.5, 0.6) is 0 Å². The third-order valence-electron chi connectivity index (χ3n) is 4.64. The molecule has 22 heavy (non-hydrogen) atoms. The molecule has 2 rings (SSSR count). The summed E-state index contributed by atoms with van der Waals surface area (Å²) >= 11 is 0. The quantitative estimate of drug-likeness (QED) is 0.434. The Kier molecular flexibility index (Phi) is 5.44. The molecule has 0 aromatic heterocycles. The molecule has 0 aliphatic carbocycles. The SMILES string of the molecule is COC(=O)[C@@H](N[B]C=O)C1CC2CCC(C1)N2C(=O)N(C)C. The Bertz CT molecular complexity index is 432. The van der Waals surface area contributed by atoms with Crippen LogP contribution in [0.1, 0.15) is 25.7 Å². The van der Waals surface area contributed by atoms with E-state index in [0.717, 1.165) is 25.7 Å². The first-order valence-corrected chi connectivity index (χ1v) is 7.60. The number of carbonyl (C=O) groups excluding carboxylic acids is 3. The van der Waals surface area contributed by atoms with Crippen molar-refractivity contribution in [2.45, 2.75) is 43.8 Å². The summed E-state index contributed by atoms with van der Waals surface area (Å²) in [6, 6.07) is -0.185. The molecule has 7 nitrogen and oxygen atoms in total. The van der Waals surface area contributed by atoms with Crippen molar-refractivity contribution in [1.29, 1.82) is 0 Å². The standard InChI is InChI=1S/C14H23BN3O4/c1-17(2)14(21)18-10-4-5-11(18)7-9(6-10)12(13(20)22-3)16-15-8-19/h8-12,16H,4-7H2,1-3H3/t9?,10?,11?,12-/m0/s1. The topological polar surface area (TPSA) is 79.0 Å². The van der Waals surface area contributed by atoms with E-state index in [9.17, 15) is 14.4 Å². The Labute approximate surface area is 131 Å². The molecule has 3 atom stereocenters. The highest BCUT2D eigenvalue weighted by Crippen LogP contribution is 2.40. The van der Waals surface area contributed by atoms with Crippen LogP contribution in [-0.4, -0.2) is 74.7 Å². The Morgan fingerprint density at radius 2 is 1.91 bits per heavy atom. The molecule has 2 saturated heterocycles. The zero-order valence-corrected chi connectivity index (χ0v) is 13.3. The van der Waals surface area contributed by atoms with Gasteiger partial charge in [0.25, 0.3) is 7.41 Å². The number of nitrogens with one attached hydrogen (secondary N) is 1. The minimum Gasteiger partial charge on any atom is -0.468 e. The molecule has 2 bridgehead atoms. The van der Waals surface area contributed by atoms with Gasteiger partial charge in [0, 0.05) is 26.2 Å². The van der Waals surface area contributed by atoms with Gasteiger partial charge in [-0.3, -0.25) is 4.79 Å². The third-order valence-corrected chi connectivity index (χ3v) is 4.64. The van der Waals surface area contributed by atoms with Crippen LogP contribution in [-0.2, 0) is 14.3 Å². The van der Waals surface area contributed by atoms with E-state index < -0.39 is 6.04 Å². The first-order chi connectivity index (χ1) is 10.5. The van der Waals surface area contributed by atoms with E-state index in [1.165, 1.54) is 14.5 Å². The van der Waals surface area contributed by atoms with Crippen molar-refractivity contribution in [3.8, 4) is 0 Å². The fourth-order valence-corrected chi connectivity index (χ4v) is 3.70. The summed E-state index contributed by atoms with van der Waals surface area (Å²) in [5.41, 5.74) is 0. The molecule has 0 spiro atoms. The van der Waals surface area contributed by atoms with Crippen molar-refractivity contribution < 1.29 is 19.1 Å². The molecule has 121 valence electrons. The van der Waals surface area contributed by atoms with E-state index in [1.807, 2.05) is 4.90 Å². The lowest BCUT2D eigenvalue weighted by molar-refractivity contribution is -0.144. The molecule has 1 radical (unpaired) electrons. The van der Waals surface area contributed by atoms with Crippen LogP contribution in [0, 0.1) is 5.92 Å². The lowest BCUT2D eigenvalue weighted by Gasteiger charge is -2.42. The lowest BCUT2D eigenvalue weighted by Crippen LogP contribution is -2.55. The van der Waals surface area contributed by atoms with Crippen LogP contribution < -0.4 is 5.23 Å². The van der Waals surface area contributed by atoms with Crippen molar-refractivity contribution in [2.75, 3.05) is 21.2 Å². The highest BCUT2D eigenvalue weighted by atomic mass is 16.5. The van der Waals surface area contributed by atoms with Gasteiger partial charge in [-0.15, -0.1) is 0 Å². The molecule has 0 saturated carbocycles. The summed E-state index contributed by atoms with van der Waals surface area (Å²) in [5, 5.41) is 2.84. The first kappa shape index (κ1) is 16.8. The molecular weight excluding hydrogens is 285 g/mol. The number of hydrogen-bond donors (Lipinski definition) is 1. The molecule has 2 unspecified atom stereocenters. The van der Waals surface area contributed by atoms with Gasteiger partial charge in [0.05, 0.1) is 19.3 Å². The number of fused-ring (bicyclic) bond motifs is 2. The predicted molar refractivity (Wildman–Crippen MR) is 81.9 cm³/mol. The van der Waals surface area contributed by atoms with Gasteiger partial charge in [0.1, 0.15) is 0 Å². The molecule has 2 fully saturated rings. The molecule has 8 heteroatoms. The van der Waals surface area contributed by atoms with Gasteiger partial charge in [-0.05, 0) is 31.6 Å². The zero-order chi connectivity index (χ0) is 16.3. The maximum absolute atomic E-state index is 12.3. The van der Waals surface area contributed by atoms with E-state index in [2.05, 4.69) is 5.23 Å². The second-order valence-electron chi connectivity index (χ2n) is 6.17. The minimum absolute atomic E-state index is 0.0352. The molecule has 2 amide bonds. The maximum atomic E-state index is 12.3. The van der Waals surface area contributed by atoms with E-state index >= 15 is 0 Å². The molecule has 0 aromatic carbocycles. The van der Waals surface area contributed by atoms with Gasteiger partial charge in [-0.25, -0.2) is 4.79 Å². The summed E-state index contributed by atoms with van der Waals surface area (Å²) in [7, 11) is 6.09. The van der Waals surface area contributed by atoms with Gasteiger partial charge >= 0.3 is 12.0 Å². The first-order valence-electron chi connectivity index (χ1n) is 7.60. The van der Waals surface area contributed by atoms with Gasteiger partial charge < -0.3 is 24.6 Å². The van der Waals surface area contributed by atoms with Crippen LogP contribution in [0.25, 0.3) is 0 Å². The van der Waals surface area contributed by atoms with Crippen molar-refractivity contribution in [1.82, 2.24) is 15.0 Å². The minimum atomic E-state index is -0.532. The van der Waals surface area contributed by atoms with Crippen molar-refractivity contribution in [3.63, 3.8) is 0 Å². The number of nitrogens with zero attached hydrogens (tertiary/aromatic N) is 2. The van der Waals surface area contributed by atoms with Gasteiger partial charge in [0.15, 0.2) is 0 Å². The van der Waals surface area contributed by atoms with Crippen molar-refractivity contribution in [3.05, 3.63) is 0 Å². The molecule has 2 aliphatic rings. The summed E-state index contributed by atoms with van der Waals surface area (Å²) in [4.78, 5) is 38.3. The smallest absolute Gasteiger partial charge is 0.322 e. The van der Waals surface area contributed by atoms with Crippen LogP contribution in [0.4, 0.5) is 4.79 Å². The number of hydrogen-bond acceptors (Lipinski definition) is 5. The Balaban J connectivity index is 2.08. The highest BCUT2D eigenvalue weighted by Gasteiger charge is 2.46. The zero-order valence-electron chi connectivity index (χ0n) is 13.3. The molecule has 2 aliphatic heterocycles. The monoisotopic (exact) mass is 308 g/mol. The van der Waals surface area contributed by atoms with Crippen LogP contribution in [0.15, 0.2) is 0 Å². The normalized spacial score (nSPS) is 28.0. The summed E-state index contributed by atoms with van der Waals surface area (Å²) in [5.74, 6) is -0.303. The van der Waals surface area contributed by atoms with Crippen molar-refractivity contribution in [2.24, 2.45) is 5.92 Å². The average Bonchev–Trinajstić information content (AvgIpc) is 2.76. The van der Waals surface area contributed by atoms with Crippen molar-refractivity contribution >= 4 is 25.6 Å². The lowest BCUT2D eigenvalue weighted by atomic mass is 9.82. The van der Waals surface area contributed by atoms with Gasteiger partial charge in [-0.1, -0.05) is 0 Å². The predicted octanol–water partition coefficient (Wildman–Crippen LogP) is -0.148. The summed E-state index contributed by atoms with van der Waals surface area (Å²) < 4.78 is 4.84. The van der Waals surface area contributed by atoms with Gasteiger partial charge in [-0.2, -0.15) is 0 Å². The third kappa shape index (κ3) is 3.26. The largest absolute Gasteiger partial charge is 0.468 e. The van der Waals surface area contributed by atoms with Crippen LogP contribution in [0.3, 0.4) is 0 Å². The molecule has 0 aromatic rings. The van der Waals surface area contributed by atoms with E-state index in [-0.39, 0.29) is 30.0 Å². The fraction of sp³-hybridized carbons (Fsp3) is 0.786. The summed E-state index contributed by atoms with van der Waals surface area (Å²) in [6.07, 6.45) is 4.04. The van der Waals surface area contributed by atoms with E-state index in [4.69, 9.17) is 4.74 Å². The number of urea groups is 1. The average molecular weight is 308 g/mol. The number of ether oxygens (including phenoxy) is 1. The Morgan fingerprint density at radius 1 is 1.32 bits per heavy atom. The Hall–Kier alpha value is -1.57. The highest BCUT2D eigenvalue weighted by molar-refractivity contribution is 6.64. The van der Waals surface area contributed by atoms with E-state index in [1.54, 1.807) is 19.0 Å². The number of carbonyl (C=O) groups is 3. The van der Waals surface area contributed by atoms with Crippen LogP contribution >= 0.6 is 0 Å². The maximum Gasteiger partial charge on any atom is 0.322 e. The molecular formula is C14H23BN3O4. The molecule has 2 heterocycles. The fourth-order valence-electron chi connectivity index (χ4n) is 3.70. The number of esters is 1. The number of amides is 2. The van der Waals surface area contributed by atoms with Crippen LogP contribution in [0.2, 0.25) is 0 Å². The number of piperidine rings is 1. The second-order valence-corrected chi connectivity index (χ2v) is 6.17.